The largest absolute Gasteiger partial charge is 0.480 e. The van der Waals surface area contributed by atoms with E-state index in [1.807, 2.05) is 30.3 Å². The predicted molar refractivity (Wildman–Crippen MR) is 104 cm³/mol. The van der Waals surface area contributed by atoms with Crippen LogP contribution in [0.2, 0.25) is 0 Å². The summed E-state index contributed by atoms with van der Waals surface area (Å²) in [6.07, 6.45) is 3.21. The van der Waals surface area contributed by atoms with Gasteiger partial charge >= 0.3 is 11.9 Å². The van der Waals surface area contributed by atoms with Gasteiger partial charge in [-0.2, -0.15) is 0 Å². The van der Waals surface area contributed by atoms with Gasteiger partial charge in [0.1, 0.15) is 13.2 Å². The minimum Gasteiger partial charge on any atom is -0.480 e. The van der Waals surface area contributed by atoms with Gasteiger partial charge in [0, 0.05) is 18.5 Å². The SMILES string of the molecule is CCN(CC(=O)O)C(=O)C/C=C(\C(=O)OCc1ccccc1)C1CCNCC1. The lowest BCUT2D eigenvalue weighted by atomic mass is 9.89. The lowest BCUT2D eigenvalue weighted by Gasteiger charge is -2.25. The number of aliphatic carboxylic acids is 1. The van der Waals surface area contributed by atoms with E-state index in [0.29, 0.717) is 12.1 Å². The second-order valence-corrected chi connectivity index (χ2v) is 6.75. The van der Waals surface area contributed by atoms with Crippen molar-refractivity contribution in [1.82, 2.24) is 10.2 Å². The minimum atomic E-state index is -1.06. The van der Waals surface area contributed by atoms with Crippen LogP contribution >= 0.6 is 0 Å². The summed E-state index contributed by atoms with van der Waals surface area (Å²) in [5.41, 5.74) is 1.41. The van der Waals surface area contributed by atoms with E-state index in [4.69, 9.17) is 9.84 Å². The van der Waals surface area contributed by atoms with Crippen LogP contribution in [0.25, 0.3) is 0 Å². The molecule has 1 heterocycles. The molecule has 1 aliphatic rings. The molecule has 0 bridgehead atoms. The number of piperidine rings is 1. The van der Waals surface area contributed by atoms with Gasteiger partial charge in [0.15, 0.2) is 0 Å². The Morgan fingerprint density at radius 3 is 2.50 bits per heavy atom. The summed E-state index contributed by atoms with van der Waals surface area (Å²) in [5.74, 6) is -1.75. The summed E-state index contributed by atoms with van der Waals surface area (Å²) in [7, 11) is 0. The van der Waals surface area contributed by atoms with E-state index in [1.165, 1.54) is 4.90 Å². The second-order valence-electron chi connectivity index (χ2n) is 6.75. The highest BCUT2D eigenvalue weighted by atomic mass is 16.5. The molecule has 1 amide bonds. The van der Waals surface area contributed by atoms with Crippen molar-refractivity contribution >= 4 is 17.8 Å². The number of carboxylic acids is 1. The van der Waals surface area contributed by atoms with Crippen LogP contribution in [0, 0.1) is 5.92 Å². The summed E-state index contributed by atoms with van der Waals surface area (Å²) in [6, 6.07) is 9.43. The van der Waals surface area contributed by atoms with E-state index >= 15 is 0 Å². The van der Waals surface area contributed by atoms with E-state index in [1.54, 1.807) is 13.0 Å². The number of esters is 1. The monoisotopic (exact) mass is 388 g/mol. The quantitative estimate of drug-likeness (QED) is 0.496. The molecule has 1 saturated heterocycles. The average Bonchev–Trinajstić information content (AvgIpc) is 2.71. The molecule has 0 radical (unpaired) electrons. The van der Waals surface area contributed by atoms with Gasteiger partial charge in [0.25, 0.3) is 0 Å². The predicted octanol–water partition coefficient (Wildman–Crippen LogP) is 1.98. The third kappa shape index (κ3) is 6.81. The molecule has 152 valence electrons. The maximum absolute atomic E-state index is 12.7. The molecule has 0 unspecified atom stereocenters. The average molecular weight is 388 g/mol. The van der Waals surface area contributed by atoms with E-state index in [9.17, 15) is 14.4 Å². The van der Waals surface area contributed by atoms with Gasteiger partial charge in [-0.15, -0.1) is 0 Å². The molecule has 0 aromatic heterocycles. The van der Waals surface area contributed by atoms with Crippen molar-refractivity contribution in [3.63, 3.8) is 0 Å². The fraction of sp³-hybridized carbons (Fsp3) is 0.476. The van der Waals surface area contributed by atoms with Gasteiger partial charge in [-0.1, -0.05) is 36.4 Å². The van der Waals surface area contributed by atoms with Crippen LogP contribution in [-0.4, -0.2) is 54.0 Å². The molecule has 1 aliphatic heterocycles. The van der Waals surface area contributed by atoms with Gasteiger partial charge in [0.05, 0.1) is 0 Å². The smallest absolute Gasteiger partial charge is 0.334 e. The summed E-state index contributed by atoms with van der Waals surface area (Å²) in [6.45, 7) is 3.48. The fourth-order valence-corrected chi connectivity index (χ4v) is 3.22. The van der Waals surface area contributed by atoms with Crippen LogP contribution in [0.5, 0.6) is 0 Å². The molecule has 28 heavy (non-hydrogen) atoms. The van der Waals surface area contributed by atoms with E-state index in [0.717, 1.165) is 31.5 Å². The Balaban J connectivity index is 2.07. The number of nitrogens with zero attached hydrogens (tertiary/aromatic N) is 1. The van der Waals surface area contributed by atoms with Crippen LogP contribution in [0.15, 0.2) is 42.0 Å². The summed E-state index contributed by atoms with van der Waals surface area (Å²) >= 11 is 0. The summed E-state index contributed by atoms with van der Waals surface area (Å²) < 4.78 is 5.48. The molecule has 0 atom stereocenters. The van der Waals surface area contributed by atoms with Gasteiger partial charge in [-0.05, 0) is 44.3 Å². The van der Waals surface area contributed by atoms with E-state index in [2.05, 4.69) is 5.32 Å². The third-order valence-electron chi connectivity index (χ3n) is 4.78. The summed E-state index contributed by atoms with van der Waals surface area (Å²) in [4.78, 5) is 37.2. The number of hydrogen-bond acceptors (Lipinski definition) is 5. The molecular weight excluding hydrogens is 360 g/mol. The maximum atomic E-state index is 12.7. The molecule has 2 rings (SSSR count). The topological polar surface area (TPSA) is 95.9 Å². The molecule has 2 N–H and O–H groups in total. The maximum Gasteiger partial charge on any atom is 0.334 e. The Bertz CT molecular complexity index is 696. The van der Waals surface area contributed by atoms with Crippen LogP contribution in [0.3, 0.4) is 0 Å². The van der Waals surface area contributed by atoms with Crippen LogP contribution in [0.4, 0.5) is 0 Å². The molecule has 0 spiro atoms. The molecular formula is C21H28N2O5. The highest BCUT2D eigenvalue weighted by Crippen LogP contribution is 2.24. The number of nitrogens with one attached hydrogen (secondary N) is 1. The van der Waals surface area contributed by atoms with Gasteiger partial charge in [-0.25, -0.2) is 4.79 Å². The first kappa shape index (κ1) is 21.6. The fourth-order valence-electron chi connectivity index (χ4n) is 3.22. The van der Waals surface area contributed by atoms with Crippen LogP contribution < -0.4 is 5.32 Å². The Hall–Kier alpha value is -2.67. The van der Waals surface area contributed by atoms with Crippen LogP contribution in [0.1, 0.15) is 31.7 Å². The van der Waals surface area contributed by atoms with Crippen molar-refractivity contribution in [2.24, 2.45) is 5.92 Å². The van der Waals surface area contributed by atoms with Crippen LogP contribution in [-0.2, 0) is 25.7 Å². The Morgan fingerprint density at radius 2 is 1.89 bits per heavy atom. The molecule has 1 aromatic rings. The number of carbonyl (C=O) groups is 3. The molecule has 0 aliphatic carbocycles. The number of likely N-dealkylation sites (N-methyl/N-ethyl adjacent to an activating group) is 1. The van der Waals surface area contributed by atoms with Crippen molar-refractivity contribution in [3.8, 4) is 0 Å². The Morgan fingerprint density at radius 1 is 1.21 bits per heavy atom. The Labute approximate surface area is 165 Å². The van der Waals surface area contributed by atoms with Crippen molar-refractivity contribution in [1.29, 1.82) is 0 Å². The molecule has 7 nitrogen and oxygen atoms in total. The van der Waals surface area contributed by atoms with E-state index < -0.39 is 11.9 Å². The standard InChI is InChI=1S/C21H28N2O5/c1-2-23(14-20(25)26)19(24)9-8-18(17-10-12-22-13-11-17)21(27)28-15-16-6-4-3-5-7-16/h3-8,17,22H,2,9-15H2,1H3,(H,25,26)/b18-8-. The summed E-state index contributed by atoms with van der Waals surface area (Å²) in [5, 5.41) is 12.2. The number of ether oxygens (including phenoxy) is 1. The zero-order valence-corrected chi connectivity index (χ0v) is 16.2. The van der Waals surface area contributed by atoms with Crippen molar-refractivity contribution in [2.45, 2.75) is 32.8 Å². The molecule has 0 saturated carbocycles. The second kappa shape index (κ2) is 11.2. The zero-order chi connectivity index (χ0) is 20.4. The first-order valence-corrected chi connectivity index (χ1v) is 9.62. The number of amides is 1. The zero-order valence-electron chi connectivity index (χ0n) is 16.2. The number of rotatable bonds is 9. The Kier molecular flexibility index (Phi) is 8.68. The first-order valence-electron chi connectivity index (χ1n) is 9.62. The highest BCUT2D eigenvalue weighted by molar-refractivity contribution is 5.90. The van der Waals surface area contributed by atoms with Crippen molar-refractivity contribution in [3.05, 3.63) is 47.5 Å². The van der Waals surface area contributed by atoms with Crippen molar-refractivity contribution in [2.75, 3.05) is 26.2 Å². The third-order valence-corrected chi connectivity index (χ3v) is 4.78. The van der Waals surface area contributed by atoms with Crippen molar-refractivity contribution < 1.29 is 24.2 Å². The molecule has 1 fully saturated rings. The lowest BCUT2D eigenvalue weighted by Crippen LogP contribution is -2.35. The van der Waals surface area contributed by atoms with E-state index in [-0.39, 0.29) is 31.4 Å². The number of hydrogen-bond donors (Lipinski definition) is 2. The lowest BCUT2D eigenvalue weighted by molar-refractivity contribution is -0.144. The number of carboxylic acid groups (broad SMARTS) is 1. The number of carbonyl (C=O) groups excluding carboxylic acids is 2. The first-order chi connectivity index (χ1) is 13.5. The van der Waals surface area contributed by atoms with Gasteiger partial charge in [0.2, 0.25) is 5.91 Å². The highest BCUT2D eigenvalue weighted by Gasteiger charge is 2.25. The van der Waals surface area contributed by atoms with Gasteiger partial charge < -0.3 is 20.1 Å². The molecule has 1 aromatic carbocycles. The molecule has 7 heteroatoms. The normalized spacial score (nSPS) is 15.1. The minimum absolute atomic E-state index is 0.0131. The number of benzene rings is 1. The van der Waals surface area contributed by atoms with Gasteiger partial charge in [-0.3, -0.25) is 9.59 Å².